The van der Waals surface area contributed by atoms with E-state index in [0.29, 0.717) is 18.0 Å². The summed E-state index contributed by atoms with van der Waals surface area (Å²) in [5, 5.41) is 6.75. The Labute approximate surface area is 141 Å². The third-order valence-corrected chi connectivity index (χ3v) is 4.40. The molecule has 1 aliphatic heterocycles. The molecule has 1 saturated heterocycles. The first-order valence-electron chi connectivity index (χ1n) is 8.27. The van der Waals surface area contributed by atoms with Gasteiger partial charge in [-0.2, -0.15) is 0 Å². The molecule has 1 fully saturated rings. The van der Waals surface area contributed by atoms with E-state index in [1.165, 1.54) is 12.8 Å². The van der Waals surface area contributed by atoms with E-state index >= 15 is 0 Å². The van der Waals surface area contributed by atoms with Gasteiger partial charge < -0.3 is 14.6 Å². The first kappa shape index (κ1) is 16.5. The summed E-state index contributed by atoms with van der Waals surface area (Å²) in [7, 11) is 1.68. The van der Waals surface area contributed by atoms with Gasteiger partial charge in [-0.25, -0.2) is 0 Å². The van der Waals surface area contributed by atoms with E-state index in [1.807, 2.05) is 18.2 Å². The lowest BCUT2D eigenvalue weighted by Crippen LogP contribution is -2.37. The molecule has 1 amide bonds. The molecule has 1 aromatic carbocycles. The second-order valence-corrected chi connectivity index (χ2v) is 6.03. The van der Waals surface area contributed by atoms with E-state index in [9.17, 15) is 4.79 Å². The minimum absolute atomic E-state index is 0.0839. The number of ether oxygens (including phenoxy) is 1. The van der Waals surface area contributed by atoms with E-state index < -0.39 is 0 Å². The molecule has 0 bridgehead atoms. The molecule has 1 aliphatic rings. The molecule has 3 rings (SSSR count). The molecule has 6 nitrogen and oxygen atoms in total. The lowest BCUT2D eigenvalue weighted by molar-refractivity contribution is 0.0928. The van der Waals surface area contributed by atoms with Gasteiger partial charge in [-0.1, -0.05) is 23.4 Å². The Morgan fingerprint density at radius 1 is 1.38 bits per heavy atom. The predicted molar refractivity (Wildman–Crippen MR) is 90.1 cm³/mol. The van der Waals surface area contributed by atoms with Gasteiger partial charge in [-0.3, -0.25) is 9.69 Å². The largest absolute Gasteiger partial charge is 0.496 e. The van der Waals surface area contributed by atoms with Gasteiger partial charge in [0.2, 0.25) is 0 Å². The number of nitrogens with zero attached hydrogens (tertiary/aromatic N) is 2. The zero-order valence-electron chi connectivity index (χ0n) is 14.1. The van der Waals surface area contributed by atoms with E-state index in [1.54, 1.807) is 20.1 Å². The first-order valence-corrected chi connectivity index (χ1v) is 8.27. The molecule has 128 valence electrons. The Morgan fingerprint density at radius 2 is 2.12 bits per heavy atom. The average Bonchev–Trinajstić information content (AvgIpc) is 3.27. The molecule has 0 saturated carbocycles. The van der Waals surface area contributed by atoms with Crippen molar-refractivity contribution in [2.75, 3.05) is 26.7 Å². The predicted octanol–water partition coefficient (Wildman–Crippen LogP) is 2.56. The van der Waals surface area contributed by atoms with Crippen molar-refractivity contribution in [2.24, 2.45) is 0 Å². The van der Waals surface area contributed by atoms with Crippen molar-refractivity contribution < 1.29 is 14.1 Å². The quantitative estimate of drug-likeness (QED) is 0.882. The smallest absolute Gasteiger partial charge is 0.273 e. The highest BCUT2D eigenvalue weighted by atomic mass is 16.5. The van der Waals surface area contributed by atoms with Crippen LogP contribution in [-0.2, 0) is 0 Å². The Hall–Kier alpha value is -2.34. The number of rotatable bonds is 6. The normalized spacial score (nSPS) is 16.1. The van der Waals surface area contributed by atoms with Crippen LogP contribution in [0, 0.1) is 6.92 Å². The summed E-state index contributed by atoms with van der Waals surface area (Å²) < 4.78 is 10.5. The number of aryl methyl sites for hydroxylation is 1. The van der Waals surface area contributed by atoms with Crippen molar-refractivity contribution in [3.05, 3.63) is 47.3 Å². The summed E-state index contributed by atoms with van der Waals surface area (Å²) in [6, 6.07) is 9.71. The molecule has 1 atom stereocenters. The van der Waals surface area contributed by atoms with Crippen LogP contribution in [0.3, 0.4) is 0 Å². The van der Waals surface area contributed by atoms with E-state index in [2.05, 4.69) is 21.4 Å². The zero-order valence-corrected chi connectivity index (χ0v) is 14.1. The molecule has 2 heterocycles. The van der Waals surface area contributed by atoms with Crippen LogP contribution in [0.15, 0.2) is 34.9 Å². The standard InChI is InChI=1S/C18H23N3O3/c1-13-11-15(20-24-13)18(22)19-12-16(21-9-5-6-10-21)14-7-3-4-8-17(14)23-2/h3-4,7-8,11,16H,5-6,9-10,12H2,1-2H3,(H,19,22)/t16-/m0/s1. The third-order valence-electron chi connectivity index (χ3n) is 4.40. The maximum Gasteiger partial charge on any atom is 0.273 e. The Kier molecular flexibility index (Phi) is 5.15. The molecule has 24 heavy (non-hydrogen) atoms. The van der Waals surface area contributed by atoms with Gasteiger partial charge in [0.25, 0.3) is 5.91 Å². The zero-order chi connectivity index (χ0) is 16.9. The fourth-order valence-electron chi connectivity index (χ4n) is 3.18. The number of amides is 1. The van der Waals surface area contributed by atoms with E-state index in [0.717, 1.165) is 24.4 Å². The van der Waals surface area contributed by atoms with Gasteiger partial charge in [-0.15, -0.1) is 0 Å². The molecule has 0 aliphatic carbocycles. The molecule has 0 radical (unpaired) electrons. The van der Waals surface area contributed by atoms with E-state index in [4.69, 9.17) is 9.26 Å². The SMILES string of the molecule is COc1ccccc1[C@H](CNC(=O)c1cc(C)on1)N1CCCC1. The Bertz CT molecular complexity index is 692. The lowest BCUT2D eigenvalue weighted by atomic mass is 10.0. The highest BCUT2D eigenvalue weighted by Crippen LogP contribution is 2.31. The fraction of sp³-hybridized carbons (Fsp3) is 0.444. The van der Waals surface area contributed by atoms with Gasteiger partial charge >= 0.3 is 0 Å². The number of hydrogen-bond acceptors (Lipinski definition) is 5. The topological polar surface area (TPSA) is 67.6 Å². The van der Waals surface area contributed by atoms with Crippen LogP contribution in [0.5, 0.6) is 5.75 Å². The summed E-state index contributed by atoms with van der Waals surface area (Å²) in [5.74, 6) is 1.26. The van der Waals surface area contributed by atoms with Crippen molar-refractivity contribution in [1.29, 1.82) is 0 Å². The summed E-state index contributed by atoms with van der Waals surface area (Å²) in [6.45, 7) is 4.33. The van der Waals surface area contributed by atoms with Crippen molar-refractivity contribution >= 4 is 5.91 Å². The second kappa shape index (κ2) is 7.49. The number of nitrogens with one attached hydrogen (secondary N) is 1. The van der Waals surface area contributed by atoms with Gasteiger partial charge in [0.05, 0.1) is 13.2 Å². The van der Waals surface area contributed by atoms with Gasteiger partial charge in [-0.05, 0) is 38.9 Å². The minimum atomic E-state index is -0.217. The van der Waals surface area contributed by atoms with Crippen LogP contribution in [0.2, 0.25) is 0 Å². The molecule has 0 unspecified atom stereocenters. The Balaban J connectivity index is 1.76. The summed E-state index contributed by atoms with van der Waals surface area (Å²) in [6.07, 6.45) is 2.37. The second-order valence-electron chi connectivity index (χ2n) is 6.03. The van der Waals surface area contributed by atoms with Gasteiger partial charge in [0.1, 0.15) is 11.5 Å². The number of para-hydroxylation sites is 1. The highest BCUT2D eigenvalue weighted by molar-refractivity contribution is 5.92. The number of carbonyl (C=O) groups excluding carboxylic acids is 1. The number of likely N-dealkylation sites (tertiary alicyclic amines) is 1. The molecule has 1 aromatic heterocycles. The molecule has 6 heteroatoms. The van der Waals surface area contributed by atoms with Crippen LogP contribution in [0.25, 0.3) is 0 Å². The van der Waals surface area contributed by atoms with Gasteiger partial charge in [0, 0.05) is 18.2 Å². The number of carbonyl (C=O) groups is 1. The van der Waals surface area contributed by atoms with Crippen molar-refractivity contribution in [1.82, 2.24) is 15.4 Å². The molecular weight excluding hydrogens is 306 g/mol. The van der Waals surface area contributed by atoms with Crippen LogP contribution < -0.4 is 10.1 Å². The third kappa shape index (κ3) is 3.59. The van der Waals surface area contributed by atoms with Crippen molar-refractivity contribution in [2.45, 2.75) is 25.8 Å². The number of benzene rings is 1. The maximum absolute atomic E-state index is 12.3. The first-order chi connectivity index (χ1) is 11.7. The van der Waals surface area contributed by atoms with Crippen LogP contribution in [0.1, 0.15) is 40.7 Å². The maximum atomic E-state index is 12.3. The monoisotopic (exact) mass is 329 g/mol. The molecule has 2 aromatic rings. The lowest BCUT2D eigenvalue weighted by Gasteiger charge is -2.29. The summed E-state index contributed by atoms with van der Waals surface area (Å²) in [5.41, 5.74) is 1.41. The van der Waals surface area contributed by atoms with Gasteiger partial charge in [0.15, 0.2) is 5.69 Å². The molecule has 0 spiro atoms. The number of methoxy groups -OCH3 is 1. The van der Waals surface area contributed by atoms with Crippen LogP contribution in [0.4, 0.5) is 0 Å². The van der Waals surface area contributed by atoms with Crippen LogP contribution >= 0.6 is 0 Å². The Morgan fingerprint density at radius 3 is 2.79 bits per heavy atom. The average molecular weight is 329 g/mol. The van der Waals surface area contributed by atoms with Crippen molar-refractivity contribution in [3.8, 4) is 5.75 Å². The summed E-state index contributed by atoms with van der Waals surface area (Å²) in [4.78, 5) is 14.7. The molecular formula is C18H23N3O3. The summed E-state index contributed by atoms with van der Waals surface area (Å²) >= 11 is 0. The van der Waals surface area contributed by atoms with E-state index in [-0.39, 0.29) is 11.9 Å². The molecule has 1 N–H and O–H groups in total. The van der Waals surface area contributed by atoms with Crippen molar-refractivity contribution in [3.63, 3.8) is 0 Å². The minimum Gasteiger partial charge on any atom is -0.496 e. The fourth-order valence-corrected chi connectivity index (χ4v) is 3.18. The van der Waals surface area contributed by atoms with Crippen LogP contribution in [-0.4, -0.2) is 42.7 Å². The highest BCUT2D eigenvalue weighted by Gasteiger charge is 2.26. The number of hydrogen-bond donors (Lipinski definition) is 1. The number of aromatic nitrogens is 1.